The summed E-state index contributed by atoms with van der Waals surface area (Å²) in [4.78, 5) is 32.9. The highest BCUT2D eigenvalue weighted by atomic mass is 16.6. The maximum absolute atomic E-state index is 11.7. The van der Waals surface area contributed by atoms with Crippen LogP contribution in [0.25, 0.3) is 22.3 Å². The average Bonchev–Trinajstić information content (AvgIpc) is 2.92. The summed E-state index contributed by atoms with van der Waals surface area (Å²) in [6.45, 7) is 4.96. The van der Waals surface area contributed by atoms with Gasteiger partial charge in [-0.15, -0.1) is 0 Å². The van der Waals surface area contributed by atoms with Crippen LogP contribution in [0.15, 0.2) is 97.1 Å². The molecule has 0 heterocycles. The molecule has 0 amide bonds. The van der Waals surface area contributed by atoms with E-state index in [1.807, 2.05) is 36.4 Å². The third kappa shape index (κ3) is 8.38. The summed E-state index contributed by atoms with van der Waals surface area (Å²) in [6.07, 6.45) is 0. The zero-order valence-corrected chi connectivity index (χ0v) is 22.1. The summed E-state index contributed by atoms with van der Waals surface area (Å²) >= 11 is 0. The number of carbonyl (C=O) groups is 1. The summed E-state index contributed by atoms with van der Waals surface area (Å²) in [5, 5.41) is 31.4. The lowest BCUT2D eigenvalue weighted by Crippen LogP contribution is -2.27. The maximum Gasteiger partial charge on any atom is 0.344 e. The topological polar surface area (TPSA) is 142 Å². The summed E-state index contributed by atoms with van der Waals surface area (Å²) in [5.41, 5.74) is 1.71. The molecule has 4 aromatic carbocycles. The number of benzene rings is 4. The molecule has 0 aliphatic carbocycles. The lowest BCUT2D eigenvalue weighted by atomic mass is 10.0. The molecule has 206 valence electrons. The van der Waals surface area contributed by atoms with Crippen molar-refractivity contribution in [3.8, 4) is 33.8 Å². The van der Waals surface area contributed by atoms with Gasteiger partial charge >= 0.3 is 5.97 Å². The molecule has 0 unspecified atom stereocenters. The van der Waals surface area contributed by atoms with Crippen LogP contribution in [0.5, 0.6) is 11.5 Å². The Hall–Kier alpha value is -5.25. The largest absolute Gasteiger partial charge is 0.508 e. The van der Waals surface area contributed by atoms with E-state index in [2.05, 4.69) is 0 Å². The third-order valence-corrected chi connectivity index (χ3v) is 5.29. The molecule has 4 aromatic rings. The van der Waals surface area contributed by atoms with E-state index < -0.39 is 21.4 Å². The van der Waals surface area contributed by atoms with Crippen molar-refractivity contribution in [2.75, 3.05) is 6.61 Å². The zero-order chi connectivity index (χ0) is 29.3. The molecule has 10 nitrogen and oxygen atoms in total. The lowest BCUT2D eigenvalue weighted by Gasteiger charge is -2.19. The van der Waals surface area contributed by atoms with Crippen molar-refractivity contribution in [2.24, 2.45) is 0 Å². The van der Waals surface area contributed by atoms with Gasteiger partial charge < -0.3 is 14.6 Å². The van der Waals surface area contributed by atoms with E-state index in [0.717, 1.165) is 17.2 Å². The molecule has 0 atom stereocenters. The van der Waals surface area contributed by atoms with Gasteiger partial charge in [0.1, 0.15) is 17.1 Å². The van der Waals surface area contributed by atoms with Crippen molar-refractivity contribution in [2.45, 2.75) is 26.4 Å². The minimum atomic E-state index is -0.608. The quantitative estimate of drug-likeness (QED) is 0.150. The van der Waals surface area contributed by atoms with E-state index in [0.29, 0.717) is 11.1 Å². The molecule has 0 aliphatic heterocycles. The van der Waals surface area contributed by atoms with Gasteiger partial charge in [0.05, 0.1) is 33.1 Å². The predicted molar refractivity (Wildman–Crippen MR) is 150 cm³/mol. The monoisotopic (exact) mass is 544 g/mol. The first-order valence-electron chi connectivity index (χ1n) is 12.2. The van der Waals surface area contributed by atoms with E-state index >= 15 is 0 Å². The molecule has 0 radical (unpaired) electrons. The fraction of sp³-hybridized carbons (Fsp3) is 0.167. The highest BCUT2D eigenvalue weighted by molar-refractivity contribution is 5.76. The Balaban J connectivity index is 0.000000238. The standard InChI is InChI=1S/C18H19NO5.C12H9NO3/c1-18(2,3)24-17(20)12-23-14-9-10-15(16(11-14)19(21)22)13-7-5-4-6-8-13;14-10-6-7-11(12(8-10)13(15)16)9-4-2-1-3-5-9/h4-11H,12H2,1-3H3;1-8,14H. The number of ether oxygens (including phenoxy) is 2. The summed E-state index contributed by atoms with van der Waals surface area (Å²) < 4.78 is 10.4. The van der Waals surface area contributed by atoms with Crippen LogP contribution in [0.2, 0.25) is 0 Å². The SMILES string of the molecule is CC(C)(C)OC(=O)COc1ccc(-c2ccccc2)c([N+](=O)[O-])c1.O=[N+]([O-])c1cc(O)ccc1-c1ccccc1. The highest BCUT2D eigenvalue weighted by Crippen LogP contribution is 2.34. The molecule has 0 aliphatic rings. The Kier molecular flexibility index (Phi) is 9.53. The highest BCUT2D eigenvalue weighted by Gasteiger charge is 2.19. The Morgan fingerprint density at radius 3 is 1.70 bits per heavy atom. The Morgan fingerprint density at radius 2 is 1.23 bits per heavy atom. The van der Waals surface area contributed by atoms with E-state index in [1.165, 1.54) is 12.1 Å². The molecule has 40 heavy (non-hydrogen) atoms. The first-order valence-corrected chi connectivity index (χ1v) is 12.2. The van der Waals surface area contributed by atoms with Crippen LogP contribution in [0.1, 0.15) is 20.8 Å². The second-order valence-electron chi connectivity index (χ2n) is 9.50. The molecule has 0 spiro atoms. The maximum atomic E-state index is 11.7. The molecule has 1 N–H and O–H groups in total. The average molecular weight is 545 g/mol. The lowest BCUT2D eigenvalue weighted by molar-refractivity contribution is -0.384. The van der Waals surface area contributed by atoms with Crippen molar-refractivity contribution >= 4 is 17.3 Å². The molecule has 0 aromatic heterocycles. The summed E-state index contributed by atoms with van der Waals surface area (Å²) in [6, 6.07) is 26.8. The second-order valence-corrected chi connectivity index (χ2v) is 9.50. The molecule has 0 saturated carbocycles. The van der Waals surface area contributed by atoms with Gasteiger partial charge in [0, 0.05) is 0 Å². The number of rotatable bonds is 7. The van der Waals surface area contributed by atoms with Crippen molar-refractivity contribution < 1.29 is 29.2 Å². The van der Waals surface area contributed by atoms with Crippen LogP contribution in [0.3, 0.4) is 0 Å². The normalized spacial score (nSPS) is 10.6. The van der Waals surface area contributed by atoms with E-state index in [1.54, 1.807) is 63.2 Å². The number of phenolic OH excluding ortho intramolecular Hbond substituents is 1. The number of esters is 1. The van der Waals surface area contributed by atoms with E-state index in [-0.39, 0.29) is 29.5 Å². The number of phenols is 1. The van der Waals surface area contributed by atoms with E-state index in [9.17, 15) is 30.1 Å². The Morgan fingerprint density at radius 1 is 0.750 bits per heavy atom. The molecule has 0 bridgehead atoms. The van der Waals surface area contributed by atoms with Gasteiger partial charge in [0.15, 0.2) is 6.61 Å². The second kappa shape index (κ2) is 13.0. The van der Waals surface area contributed by atoms with Crippen molar-refractivity contribution in [1.82, 2.24) is 0 Å². The molecular weight excluding hydrogens is 516 g/mol. The van der Waals surface area contributed by atoms with Crippen molar-refractivity contribution in [3.05, 3.63) is 117 Å². The molecule has 0 saturated heterocycles. The van der Waals surface area contributed by atoms with E-state index in [4.69, 9.17) is 9.47 Å². The van der Waals surface area contributed by atoms with Gasteiger partial charge in [-0.05, 0) is 56.2 Å². The number of hydrogen-bond acceptors (Lipinski definition) is 8. The van der Waals surface area contributed by atoms with Crippen LogP contribution in [-0.2, 0) is 9.53 Å². The van der Waals surface area contributed by atoms with Crippen LogP contribution >= 0.6 is 0 Å². The van der Waals surface area contributed by atoms with Gasteiger partial charge in [-0.2, -0.15) is 0 Å². The minimum Gasteiger partial charge on any atom is -0.508 e. The smallest absolute Gasteiger partial charge is 0.344 e. The van der Waals surface area contributed by atoms with Crippen LogP contribution in [0.4, 0.5) is 11.4 Å². The predicted octanol–water partition coefficient (Wildman–Crippen LogP) is 6.95. The van der Waals surface area contributed by atoms with Crippen LogP contribution in [0, 0.1) is 20.2 Å². The zero-order valence-electron chi connectivity index (χ0n) is 22.1. The number of nitro benzene ring substituents is 2. The number of nitrogens with zero attached hydrogens (tertiary/aromatic N) is 2. The van der Waals surface area contributed by atoms with Gasteiger partial charge in [-0.25, -0.2) is 4.79 Å². The molecular formula is C30H28N2O8. The Labute approximate surface area is 230 Å². The first kappa shape index (κ1) is 29.3. The van der Waals surface area contributed by atoms with Crippen molar-refractivity contribution in [1.29, 1.82) is 0 Å². The van der Waals surface area contributed by atoms with Gasteiger partial charge in [0.2, 0.25) is 0 Å². The molecule has 4 rings (SSSR count). The third-order valence-electron chi connectivity index (χ3n) is 5.29. The fourth-order valence-corrected chi connectivity index (χ4v) is 3.66. The first-order chi connectivity index (χ1) is 18.9. The van der Waals surface area contributed by atoms with Gasteiger partial charge in [-0.1, -0.05) is 60.7 Å². The van der Waals surface area contributed by atoms with Crippen molar-refractivity contribution in [3.63, 3.8) is 0 Å². The number of hydrogen-bond donors (Lipinski definition) is 1. The molecule has 10 heteroatoms. The number of aromatic hydroxyl groups is 1. The van der Waals surface area contributed by atoms with Crippen LogP contribution in [-0.4, -0.2) is 33.1 Å². The van der Waals surface area contributed by atoms with Gasteiger partial charge in [-0.3, -0.25) is 20.2 Å². The van der Waals surface area contributed by atoms with Gasteiger partial charge in [0.25, 0.3) is 11.4 Å². The minimum absolute atomic E-state index is 0.0807. The number of carbonyl (C=O) groups excluding carboxylic acids is 1. The van der Waals surface area contributed by atoms with Crippen LogP contribution < -0.4 is 4.74 Å². The molecule has 0 fully saturated rings. The number of nitro groups is 2. The summed E-state index contributed by atoms with van der Waals surface area (Å²) in [5.74, 6) is -0.393. The Bertz CT molecular complexity index is 1480. The summed E-state index contributed by atoms with van der Waals surface area (Å²) in [7, 11) is 0. The fourth-order valence-electron chi connectivity index (χ4n) is 3.66.